The second-order valence-corrected chi connectivity index (χ2v) is 3.50. The van der Waals surface area contributed by atoms with Crippen molar-refractivity contribution in [3.63, 3.8) is 0 Å². The summed E-state index contributed by atoms with van der Waals surface area (Å²) in [6.07, 6.45) is 4.30. The highest BCUT2D eigenvalue weighted by atomic mass is 14.6. The van der Waals surface area contributed by atoms with Crippen LogP contribution in [0.2, 0.25) is 0 Å². The Morgan fingerprint density at radius 3 is 2.00 bits per heavy atom. The summed E-state index contributed by atoms with van der Waals surface area (Å²) < 4.78 is 0. The lowest BCUT2D eigenvalue weighted by atomic mass is 9.94. The van der Waals surface area contributed by atoms with E-state index >= 15 is 0 Å². The third-order valence-corrected chi connectivity index (χ3v) is 2.34. The minimum absolute atomic E-state index is 0.306. The van der Waals surface area contributed by atoms with E-state index in [0.717, 1.165) is 38.8 Å². The lowest BCUT2D eigenvalue weighted by Gasteiger charge is -2.18. The summed E-state index contributed by atoms with van der Waals surface area (Å²) in [6, 6.07) is 0.306. The molecule has 3 heteroatoms. The predicted octanol–water partition coefficient (Wildman–Crippen LogP) is 0.428. The van der Waals surface area contributed by atoms with E-state index in [1.165, 1.54) is 0 Å². The Morgan fingerprint density at radius 2 is 1.50 bits per heavy atom. The maximum Gasteiger partial charge on any atom is 0.00650 e. The molecule has 0 spiro atoms. The average Bonchev–Trinajstić information content (AvgIpc) is 2.10. The predicted molar refractivity (Wildman–Crippen MR) is 53.7 cm³/mol. The monoisotopic (exact) mass is 173 g/mol. The maximum atomic E-state index is 5.95. The van der Waals surface area contributed by atoms with Crippen molar-refractivity contribution in [3.05, 3.63) is 0 Å². The van der Waals surface area contributed by atoms with Gasteiger partial charge in [0, 0.05) is 6.04 Å². The minimum Gasteiger partial charge on any atom is -0.330 e. The molecule has 0 bridgehead atoms. The Balaban J connectivity index is 3.39. The van der Waals surface area contributed by atoms with Crippen LogP contribution in [0, 0.1) is 5.92 Å². The van der Waals surface area contributed by atoms with E-state index in [1.807, 2.05) is 0 Å². The molecule has 0 aliphatic carbocycles. The van der Waals surface area contributed by atoms with Crippen molar-refractivity contribution in [2.45, 2.75) is 38.6 Å². The van der Waals surface area contributed by atoms with Gasteiger partial charge in [-0.1, -0.05) is 6.92 Å². The molecular formula is C9H23N3. The summed E-state index contributed by atoms with van der Waals surface area (Å²) in [6.45, 7) is 3.71. The first kappa shape index (κ1) is 11.9. The van der Waals surface area contributed by atoms with E-state index in [1.54, 1.807) is 0 Å². The highest BCUT2D eigenvalue weighted by molar-refractivity contribution is 4.69. The van der Waals surface area contributed by atoms with Gasteiger partial charge in [0.15, 0.2) is 0 Å². The van der Waals surface area contributed by atoms with Crippen molar-refractivity contribution in [1.29, 1.82) is 0 Å². The van der Waals surface area contributed by atoms with Gasteiger partial charge < -0.3 is 17.2 Å². The molecule has 0 aliphatic rings. The molecule has 0 aromatic rings. The van der Waals surface area contributed by atoms with Crippen LogP contribution in [0.3, 0.4) is 0 Å². The Morgan fingerprint density at radius 1 is 1.00 bits per heavy atom. The van der Waals surface area contributed by atoms with Crippen LogP contribution in [0.15, 0.2) is 0 Å². The molecule has 2 atom stereocenters. The highest BCUT2D eigenvalue weighted by Gasteiger charge is 2.10. The third-order valence-electron chi connectivity index (χ3n) is 2.34. The van der Waals surface area contributed by atoms with Gasteiger partial charge >= 0.3 is 0 Å². The molecule has 6 N–H and O–H groups in total. The standard InChI is InChI=1S/C9H23N3/c1-8(4-2-6-10)9(12)5-3-7-11/h8-9H,2-7,10-12H2,1H3. The van der Waals surface area contributed by atoms with Gasteiger partial charge in [-0.2, -0.15) is 0 Å². The van der Waals surface area contributed by atoms with Crippen LogP contribution in [-0.2, 0) is 0 Å². The van der Waals surface area contributed by atoms with Crippen LogP contribution >= 0.6 is 0 Å². The van der Waals surface area contributed by atoms with Crippen LogP contribution in [0.1, 0.15) is 32.6 Å². The molecule has 0 saturated carbocycles. The SMILES string of the molecule is CC(CCCN)C(N)CCCN. The van der Waals surface area contributed by atoms with Crippen LogP contribution in [0.4, 0.5) is 0 Å². The molecule has 0 rings (SSSR count). The van der Waals surface area contributed by atoms with Crippen LogP contribution in [0.25, 0.3) is 0 Å². The average molecular weight is 173 g/mol. The van der Waals surface area contributed by atoms with Crippen LogP contribution in [0.5, 0.6) is 0 Å². The van der Waals surface area contributed by atoms with E-state index < -0.39 is 0 Å². The van der Waals surface area contributed by atoms with E-state index in [0.29, 0.717) is 12.0 Å². The largest absolute Gasteiger partial charge is 0.330 e. The quantitative estimate of drug-likeness (QED) is 0.522. The van der Waals surface area contributed by atoms with Crippen molar-refractivity contribution in [1.82, 2.24) is 0 Å². The summed E-state index contributed by atoms with van der Waals surface area (Å²) in [5.74, 6) is 0.583. The minimum atomic E-state index is 0.306. The first-order chi connectivity index (χ1) is 5.72. The topological polar surface area (TPSA) is 78.1 Å². The van der Waals surface area contributed by atoms with Gasteiger partial charge in [-0.05, 0) is 44.7 Å². The fourth-order valence-electron chi connectivity index (χ4n) is 1.29. The molecule has 2 unspecified atom stereocenters. The maximum absolute atomic E-state index is 5.95. The second kappa shape index (κ2) is 7.53. The zero-order valence-electron chi connectivity index (χ0n) is 8.13. The highest BCUT2D eigenvalue weighted by Crippen LogP contribution is 2.12. The molecule has 74 valence electrons. The van der Waals surface area contributed by atoms with Crippen LogP contribution in [-0.4, -0.2) is 19.1 Å². The van der Waals surface area contributed by atoms with Gasteiger partial charge in [0.25, 0.3) is 0 Å². The van der Waals surface area contributed by atoms with Crippen molar-refractivity contribution in [2.75, 3.05) is 13.1 Å². The molecule has 0 heterocycles. The molecule has 0 aliphatic heterocycles. The summed E-state index contributed by atoms with van der Waals surface area (Å²) >= 11 is 0. The Labute approximate surface area is 75.7 Å². The summed E-state index contributed by atoms with van der Waals surface area (Å²) in [5, 5.41) is 0. The fourth-order valence-corrected chi connectivity index (χ4v) is 1.29. The molecule has 0 amide bonds. The van der Waals surface area contributed by atoms with E-state index in [9.17, 15) is 0 Å². The summed E-state index contributed by atoms with van der Waals surface area (Å²) in [7, 11) is 0. The molecule has 3 nitrogen and oxygen atoms in total. The summed E-state index contributed by atoms with van der Waals surface area (Å²) in [4.78, 5) is 0. The molecule has 12 heavy (non-hydrogen) atoms. The Kier molecular flexibility index (Phi) is 7.45. The van der Waals surface area contributed by atoms with Crippen molar-refractivity contribution >= 4 is 0 Å². The van der Waals surface area contributed by atoms with Crippen molar-refractivity contribution < 1.29 is 0 Å². The number of nitrogens with two attached hydrogens (primary N) is 3. The number of hydrogen-bond donors (Lipinski definition) is 3. The van der Waals surface area contributed by atoms with Gasteiger partial charge in [-0.15, -0.1) is 0 Å². The van der Waals surface area contributed by atoms with E-state index in [2.05, 4.69) is 6.92 Å². The first-order valence-corrected chi connectivity index (χ1v) is 4.88. The van der Waals surface area contributed by atoms with Crippen molar-refractivity contribution in [2.24, 2.45) is 23.1 Å². The van der Waals surface area contributed by atoms with Gasteiger partial charge in [-0.25, -0.2) is 0 Å². The van der Waals surface area contributed by atoms with Crippen molar-refractivity contribution in [3.8, 4) is 0 Å². The molecule has 0 saturated heterocycles. The van der Waals surface area contributed by atoms with Gasteiger partial charge in [-0.3, -0.25) is 0 Å². The molecule has 0 fully saturated rings. The molecular weight excluding hydrogens is 150 g/mol. The number of rotatable bonds is 7. The smallest absolute Gasteiger partial charge is 0.00650 e. The van der Waals surface area contributed by atoms with Gasteiger partial charge in [0.2, 0.25) is 0 Å². The molecule has 0 aromatic carbocycles. The van der Waals surface area contributed by atoms with E-state index in [4.69, 9.17) is 17.2 Å². The normalized spacial score (nSPS) is 16.0. The fraction of sp³-hybridized carbons (Fsp3) is 1.00. The lowest BCUT2D eigenvalue weighted by Crippen LogP contribution is -2.29. The zero-order chi connectivity index (χ0) is 9.40. The van der Waals surface area contributed by atoms with Crippen LogP contribution < -0.4 is 17.2 Å². The third kappa shape index (κ3) is 5.52. The zero-order valence-corrected chi connectivity index (χ0v) is 8.13. The second-order valence-electron chi connectivity index (χ2n) is 3.50. The summed E-state index contributed by atoms with van der Waals surface area (Å²) in [5.41, 5.74) is 16.8. The lowest BCUT2D eigenvalue weighted by molar-refractivity contribution is 0.393. The van der Waals surface area contributed by atoms with Gasteiger partial charge in [0.05, 0.1) is 0 Å². The van der Waals surface area contributed by atoms with Gasteiger partial charge in [0.1, 0.15) is 0 Å². The van der Waals surface area contributed by atoms with E-state index in [-0.39, 0.29) is 0 Å². The Hall–Kier alpha value is -0.120. The molecule has 0 aromatic heterocycles. The first-order valence-electron chi connectivity index (χ1n) is 4.88. The molecule has 0 radical (unpaired) electrons. The number of hydrogen-bond acceptors (Lipinski definition) is 3. The Bertz CT molecular complexity index is 83.8.